The van der Waals surface area contributed by atoms with Crippen molar-refractivity contribution in [2.24, 2.45) is 0 Å². The van der Waals surface area contributed by atoms with Crippen LogP contribution in [0.5, 0.6) is 0 Å². The van der Waals surface area contributed by atoms with Crippen LogP contribution < -0.4 is 21.3 Å². The molecule has 0 aliphatic carbocycles. The van der Waals surface area contributed by atoms with Crippen LogP contribution >= 0.6 is 0 Å². The van der Waals surface area contributed by atoms with E-state index in [2.05, 4.69) is 21.3 Å². The molecule has 0 saturated heterocycles. The van der Waals surface area contributed by atoms with E-state index in [1.54, 1.807) is 43.4 Å². The van der Waals surface area contributed by atoms with Gasteiger partial charge >= 0.3 is 6.03 Å². The quantitative estimate of drug-likeness (QED) is 0.548. The average molecular weight is 400 g/mol. The summed E-state index contributed by atoms with van der Waals surface area (Å²) in [4.78, 5) is 36.3. The summed E-state index contributed by atoms with van der Waals surface area (Å²) in [6.07, 6.45) is 1.16. The maximum absolute atomic E-state index is 12.9. The lowest BCUT2D eigenvalue weighted by atomic mass is 10.1. The molecule has 2 aromatic carbocycles. The van der Waals surface area contributed by atoms with Crippen LogP contribution in [0.15, 0.2) is 48.5 Å². The number of urea groups is 1. The second-order valence-corrected chi connectivity index (χ2v) is 6.44. The maximum Gasteiger partial charge on any atom is 0.315 e. The fourth-order valence-corrected chi connectivity index (χ4v) is 2.63. The Balaban J connectivity index is 1.91. The number of halogens is 1. The SMILES string of the molecule is CCC[C@H](NC(=O)NCc1ccc(F)cc1)C(=O)Nc1ccc(C(=O)NC)cc1. The molecule has 0 bridgehead atoms. The van der Waals surface area contributed by atoms with E-state index in [0.29, 0.717) is 24.1 Å². The van der Waals surface area contributed by atoms with Gasteiger partial charge in [-0.25, -0.2) is 9.18 Å². The van der Waals surface area contributed by atoms with E-state index in [-0.39, 0.29) is 24.2 Å². The minimum absolute atomic E-state index is 0.216. The Morgan fingerprint density at radius 1 is 1.00 bits per heavy atom. The number of nitrogens with one attached hydrogen (secondary N) is 4. The van der Waals surface area contributed by atoms with Gasteiger partial charge in [0.15, 0.2) is 0 Å². The highest BCUT2D eigenvalue weighted by Crippen LogP contribution is 2.11. The zero-order valence-corrected chi connectivity index (χ0v) is 16.4. The van der Waals surface area contributed by atoms with Crippen LogP contribution in [0, 0.1) is 5.82 Å². The zero-order valence-electron chi connectivity index (χ0n) is 16.4. The minimum atomic E-state index is -0.716. The highest BCUT2D eigenvalue weighted by atomic mass is 19.1. The third kappa shape index (κ3) is 6.91. The Kier molecular flexibility index (Phi) is 8.14. The number of anilines is 1. The number of carbonyl (C=O) groups is 3. The van der Waals surface area contributed by atoms with E-state index in [4.69, 9.17) is 0 Å². The Labute approximate surface area is 169 Å². The van der Waals surface area contributed by atoms with Crippen LogP contribution in [0.4, 0.5) is 14.9 Å². The van der Waals surface area contributed by atoms with Crippen LogP contribution in [-0.2, 0) is 11.3 Å². The Morgan fingerprint density at radius 3 is 2.24 bits per heavy atom. The number of hydrogen-bond donors (Lipinski definition) is 4. The van der Waals surface area contributed by atoms with Gasteiger partial charge in [0, 0.05) is 24.8 Å². The summed E-state index contributed by atoms with van der Waals surface area (Å²) < 4.78 is 12.9. The predicted molar refractivity (Wildman–Crippen MR) is 109 cm³/mol. The van der Waals surface area contributed by atoms with E-state index in [1.807, 2.05) is 6.92 Å². The van der Waals surface area contributed by atoms with Crippen LogP contribution in [0.3, 0.4) is 0 Å². The third-order valence-corrected chi connectivity index (χ3v) is 4.21. The summed E-state index contributed by atoms with van der Waals surface area (Å²) in [5.74, 6) is -0.913. The van der Waals surface area contributed by atoms with Gasteiger partial charge in [0.1, 0.15) is 11.9 Å². The second kappa shape index (κ2) is 10.8. The molecule has 0 fully saturated rings. The molecule has 0 aliphatic rings. The van der Waals surface area contributed by atoms with Gasteiger partial charge in [0.25, 0.3) is 5.91 Å². The standard InChI is InChI=1S/C21H25FN4O3/c1-3-4-18(26-21(29)24-13-14-5-9-16(22)10-6-14)20(28)25-17-11-7-15(8-12-17)19(27)23-2/h5-12,18H,3-4,13H2,1-2H3,(H,23,27)(H,25,28)(H2,24,26,29)/t18-/m0/s1. The van der Waals surface area contributed by atoms with E-state index >= 15 is 0 Å². The molecule has 2 rings (SSSR count). The van der Waals surface area contributed by atoms with Gasteiger partial charge < -0.3 is 21.3 Å². The summed E-state index contributed by atoms with van der Waals surface area (Å²) in [6, 6.07) is 11.0. The fourth-order valence-electron chi connectivity index (χ4n) is 2.63. The van der Waals surface area contributed by atoms with Crippen molar-refractivity contribution in [3.05, 3.63) is 65.5 Å². The maximum atomic E-state index is 12.9. The summed E-state index contributed by atoms with van der Waals surface area (Å²) in [5, 5.41) is 10.6. The largest absolute Gasteiger partial charge is 0.355 e. The van der Waals surface area contributed by atoms with Gasteiger partial charge in [-0.2, -0.15) is 0 Å². The van der Waals surface area contributed by atoms with Crippen molar-refractivity contribution < 1.29 is 18.8 Å². The smallest absolute Gasteiger partial charge is 0.315 e. The van der Waals surface area contributed by atoms with E-state index in [0.717, 1.165) is 5.56 Å². The summed E-state index contributed by atoms with van der Waals surface area (Å²) in [6.45, 7) is 2.13. The Bertz CT molecular complexity index is 838. The van der Waals surface area contributed by atoms with Crippen LogP contribution in [-0.4, -0.2) is 30.9 Å². The topological polar surface area (TPSA) is 99.3 Å². The van der Waals surface area contributed by atoms with Crippen molar-refractivity contribution in [3.8, 4) is 0 Å². The molecule has 0 heterocycles. The molecule has 0 aromatic heterocycles. The monoisotopic (exact) mass is 400 g/mol. The number of amides is 4. The number of hydrogen-bond acceptors (Lipinski definition) is 3. The zero-order chi connectivity index (χ0) is 21.2. The van der Waals surface area contributed by atoms with Gasteiger partial charge in [0.2, 0.25) is 5.91 Å². The molecule has 8 heteroatoms. The van der Waals surface area contributed by atoms with Crippen molar-refractivity contribution in [2.75, 3.05) is 12.4 Å². The fraction of sp³-hybridized carbons (Fsp3) is 0.286. The van der Waals surface area contributed by atoms with Crippen LogP contribution in [0.1, 0.15) is 35.7 Å². The molecule has 0 radical (unpaired) electrons. The van der Waals surface area contributed by atoms with Gasteiger partial charge in [-0.3, -0.25) is 9.59 Å². The van der Waals surface area contributed by atoms with Gasteiger partial charge in [-0.15, -0.1) is 0 Å². The van der Waals surface area contributed by atoms with Crippen molar-refractivity contribution in [1.29, 1.82) is 0 Å². The molecular formula is C21H25FN4O3. The summed E-state index contributed by atoms with van der Waals surface area (Å²) in [7, 11) is 1.54. The second-order valence-electron chi connectivity index (χ2n) is 6.44. The van der Waals surface area contributed by atoms with Crippen molar-refractivity contribution in [2.45, 2.75) is 32.4 Å². The normalized spacial score (nSPS) is 11.3. The van der Waals surface area contributed by atoms with E-state index in [1.165, 1.54) is 12.1 Å². The molecular weight excluding hydrogens is 375 g/mol. The highest BCUT2D eigenvalue weighted by molar-refractivity contribution is 5.98. The average Bonchev–Trinajstić information content (AvgIpc) is 2.73. The van der Waals surface area contributed by atoms with E-state index in [9.17, 15) is 18.8 Å². The number of carbonyl (C=O) groups excluding carboxylic acids is 3. The van der Waals surface area contributed by atoms with Crippen molar-refractivity contribution >= 4 is 23.5 Å². The third-order valence-electron chi connectivity index (χ3n) is 4.21. The summed E-state index contributed by atoms with van der Waals surface area (Å²) >= 11 is 0. The highest BCUT2D eigenvalue weighted by Gasteiger charge is 2.20. The minimum Gasteiger partial charge on any atom is -0.355 e. The lowest BCUT2D eigenvalue weighted by Gasteiger charge is -2.18. The van der Waals surface area contributed by atoms with Crippen molar-refractivity contribution in [3.63, 3.8) is 0 Å². The Hall–Kier alpha value is -3.42. The van der Waals surface area contributed by atoms with Gasteiger partial charge in [-0.05, 0) is 48.4 Å². The summed E-state index contributed by atoms with van der Waals surface area (Å²) in [5.41, 5.74) is 1.75. The molecule has 0 spiro atoms. The predicted octanol–water partition coefficient (Wildman–Crippen LogP) is 2.79. The lowest BCUT2D eigenvalue weighted by molar-refractivity contribution is -0.118. The van der Waals surface area contributed by atoms with E-state index < -0.39 is 12.1 Å². The molecule has 154 valence electrons. The Morgan fingerprint density at radius 2 is 1.66 bits per heavy atom. The van der Waals surface area contributed by atoms with Gasteiger partial charge in [-0.1, -0.05) is 25.5 Å². The first-order valence-corrected chi connectivity index (χ1v) is 9.34. The first-order valence-electron chi connectivity index (χ1n) is 9.34. The molecule has 4 N–H and O–H groups in total. The van der Waals surface area contributed by atoms with Crippen LogP contribution in [0.25, 0.3) is 0 Å². The molecule has 2 aromatic rings. The molecule has 0 aliphatic heterocycles. The lowest BCUT2D eigenvalue weighted by Crippen LogP contribution is -2.47. The molecule has 0 saturated carbocycles. The first-order chi connectivity index (χ1) is 13.9. The number of rotatable bonds is 8. The molecule has 4 amide bonds. The van der Waals surface area contributed by atoms with Crippen molar-refractivity contribution in [1.82, 2.24) is 16.0 Å². The molecule has 7 nitrogen and oxygen atoms in total. The van der Waals surface area contributed by atoms with Gasteiger partial charge in [0.05, 0.1) is 0 Å². The molecule has 1 atom stereocenters. The molecule has 0 unspecified atom stereocenters. The first kappa shape index (κ1) is 21.9. The number of benzene rings is 2. The van der Waals surface area contributed by atoms with Crippen LogP contribution in [0.2, 0.25) is 0 Å². The molecule has 29 heavy (non-hydrogen) atoms.